The molecule has 5 heteroatoms. The third kappa shape index (κ3) is 3.71. The number of phenols is 1. The molecule has 4 nitrogen and oxygen atoms in total. The average Bonchev–Trinajstić information content (AvgIpc) is 2.28. The van der Waals surface area contributed by atoms with Crippen LogP contribution in [0.1, 0.15) is 16.8 Å². The van der Waals surface area contributed by atoms with E-state index in [0.717, 1.165) is 25.1 Å². The van der Waals surface area contributed by atoms with E-state index in [1.54, 1.807) is 7.05 Å². The highest BCUT2D eigenvalue weighted by molar-refractivity contribution is 5.96. The molecule has 0 aliphatic carbocycles. The Balaban J connectivity index is 2.68. The van der Waals surface area contributed by atoms with Crippen molar-refractivity contribution < 1.29 is 14.3 Å². The van der Waals surface area contributed by atoms with Crippen molar-refractivity contribution in [3.8, 4) is 5.75 Å². The molecule has 17 heavy (non-hydrogen) atoms. The maximum Gasteiger partial charge on any atom is 0.257 e. The summed E-state index contributed by atoms with van der Waals surface area (Å²) in [4.78, 5) is 13.4. The number of hydrogen-bond acceptors (Lipinski definition) is 3. The summed E-state index contributed by atoms with van der Waals surface area (Å²) in [5.41, 5.74) is 0.123. The molecule has 0 aliphatic heterocycles. The number of hydrogen-bond donors (Lipinski definition) is 2. The van der Waals surface area contributed by atoms with Gasteiger partial charge in [-0.15, -0.1) is 0 Å². The smallest absolute Gasteiger partial charge is 0.257 e. The quantitative estimate of drug-likeness (QED) is 0.761. The second-order valence-electron chi connectivity index (χ2n) is 3.85. The molecule has 1 amide bonds. The predicted molar refractivity (Wildman–Crippen MR) is 63.6 cm³/mol. The predicted octanol–water partition coefficient (Wildman–Crippen LogP) is 1.21. The fourth-order valence-corrected chi connectivity index (χ4v) is 1.49. The Labute approximate surface area is 100 Å². The second-order valence-corrected chi connectivity index (χ2v) is 3.85. The lowest BCUT2D eigenvalue weighted by molar-refractivity contribution is 0.0790. The summed E-state index contributed by atoms with van der Waals surface area (Å²) in [6.45, 7) is 1.39. The minimum Gasteiger partial charge on any atom is -0.507 e. The van der Waals surface area contributed by atoms with E-state index < -0.39 is 5.82 Å². The Hall–Kier alpha value is -1.62. The fraction of sp³-hybridized carbons (Fsp3) is 0.417. The molecule has 0 heterocycles. The monoisotopic (exact) mass is 240 g/mol. The largest absolute Gasteiger partial charge is 0.507 e. The molecule has 0 unspecified atom stereocenters. The number of rotatable bonds is 5. The highest BCUT2D eigenvalue weighted by Crippen LogP contribution is 2.19. The summed E-state index contributed by atoms with van der Waals surface area (Å²) in [7, 11) is 3.49. The Kier molecular flexibility index (Phi) is 4.90. The van der Waals surface area contributed by atoms with Crippen LogP contribution in [0.4, 0.5) is 4.39 Å². The molecule has 0 saturated carbocycles. The molecule has 1 rings (SSSR count). The number of amides is 1. The van der Waals surface area contributed by atoms with Crippen LogP contribution in [-0.2, 0) is 0 Å². The fourth-order valence-electron chi connectivity index (χ4n) is 1.49. The van der Waals surface area contributed by atoms with Gasteiger partial charge in [0.2, 0.25) is 0 Å². The normalized spacial score (nSPS) is 10.3. The van der Waals surface area contributed by atoms with Crippen LogP contribution in [-0.4, -0.2) is 43.1 Å². The molecule has 1 aromatic carbocycles. The van der Waals surface area contributed by atoms with Crippen molar-refractivity contribution >= 4 is 5.91 Å². The summed E-state index contributed by atoms with van der Waals surface area (Å²) >= 11 is 0. The molecule has 0 radical (unpaired) electrons. The Morgan fingerprint density at radius 3 is 2.82 bits per heavy atom. The lowest BCUT2D eigenvalue weighted by Gasteiger charge is -2.17. The van der Waals surface area contributed by atoms with Crippen LogP contribution in [0.15, 0.2) is 18.2 Å². The molecule has 1 aromatic rings. The third-order valence-electron chi connectivity index (χ3n) is 2.46. The minimum absolute atomic E-state index is 0.123. The lowest BCUT2D eigenvalue weighted by atomic mass is 10.1. The molecule has 0 spiro atoms. The van der Waals surface area contributed by atoms with E-state index in [0.29, 0.717) is 6.54 Å². The van der Waals surface area contributed by atoms with Gasteiger partial charge in [0.15, 0.2) is 0 Å². The molecular formula is C12H17FN2O2. The van der Waals surface area contributed by atoms with Crippen LogP contribution in [0.5, 0.6) is 5.75 Å². The van der Waals surface area contributed by atoms with Gasteiger partial charge in [0, 0.05) is 19.7 Å². The Morgan fingerprint density at radius 2 is 2.24 bits per heavy atom. The van der Waals surface area contributed by atoms with Crippen molar-refractivity contribution in [2.75, 3.05) is 27.2 Å². The van der Waals surface area contributed by atoms with Crippen molar-refractivity contribution in [3.05, 3.63) is 29.6 Å². The van der Waals surface area contributed by atoms with E-state index in [1.165, 1.54) is 11.0 Å². The molecule has 0 aliphatic rings. The van der Waals surface area contributed by atoms with Crippen molar-refractivity contribution in [3.63, 3.8) is 0 Å². The van der Waals surface area contributed by atoms with Gasteiger partial charge < -0.3 is 15.3 Å². The molecule has 0 fully saturated rings. The zero-order valence-electron chi connectivity index (χ0n) is 10.0. The van der Waals surface area contributed by atoms with Gasteiger partial charge in [-0.2, -0.15) is 0 Å². The number of carbonyl (C=O) groups is 1. The first-order valence-corrected chi connectivity index (χ1v) is 5.45. The number of aromatic hydroxyl groups is 1. The molecule has 0 aromatic heterocycles. The van der Waals surface area contributed by atoms with Crippen molar-refractivity contribution in [2.24, 2.45) is 0 Å². The van der Waals surface area contributed by atoms with Crippen molar-refractivity contribution in [1.82, 2.24) is 10.2 Å². The maximum atomic E-state index is 12.8. The second kappa shape index (κ2) is 6.20. The molecule has 0 bridgehead atoms. The van der Waals surface area contributed by atoms with E-state index >= 15 is 0 Å². The van der Waals surface area contributed by atoms with Crippen LogP contribution in [0.25, 0.3) is 0 Å². The van der Waals surface area contributed by atoms with Crippen molar-refractivity contribution in [2.45, 2.75) is 6.42 Å². The first-order chi connectivity index (χ1) is 8.06. The number of halogens is 1. The van der Waals surface area contributed by atoms with Crippen LogP contribution < -0.4 is 5.32 Å². The summed E-state index contributed by atoms with van der Waals surface area (Å²) in [5.74, 6) is -1.19. The number of benzene rings is 1. The topological polar surface area (TPSA) is 52.6 Å². The summed E-state index contributed by atoms with van der Waals surface area (Å²) in [6, 6.07) is 3.39. The number of carbonyl (C=O) groups excluding carboxylic acids is 1. The van der Waals surface area contributed by atoms with E-state index in [2.05, 4.69) is 5.32 Å². The van der Waals surface area contributed by atoms with Crippen LogP contribution >= 0.6 is 0 Å². The van der Waals surface area contributed by atoms with E-state index in [-0.39, 0.29) is 17.2 Å². The summed E-state index contributed by atoms with van der Waals surface area (Å²) in [6.07, 6.45) is 0.820. The van der Waals surface area contributed by atoms with E-state index in [9.17, 15) is 14.3 Å². The number of nitrogens with zero attached hydrogens (tertiary/aromatic N) is 1. The molecule has 2 N–H and O–H groups in total. The van der Waals surface area contributed by atoms with Gasteiger partial charge in [0.25, 0.3) is 5.91 Å². The van der Waals surface area contributed by atoms with Gasteiger partial charge in [0.1, 0.15) is 11.6 Å². The van der Waals surface area contributed by atoms with E-state index in [1.807, 2.05) is 7.05 Å². The Morgan fingerprint density at radius 1 is 1.53 bits per heavy atom. The molecular weight excluding hydrogens is 223 g/mol. The number of nitrogens with one attached hydrogen (secondary N) is 1. The highest BCUT2D eigenvalue weighted by atomic mass is 19.1. The average molecular weight is 240 g/mol. The van der Waals surface area contributed by atoms with Gasteiger partial charge in [-0.25, -0.2) is 4.39 Å². The van der Waals surface area contributed by atoms with Crippen molar-refractivity contribution in [1.29, 1.82) is 0 Å². The maximum absolute atomic E-state index is 12.8. The molecule has 0 saturated heterocycles. The van der Waals surface area contributed by atoms with Gasteiger partial charge in [-0.05, 0) is 32.1 Å². The zero-order valence-corrected chi connectivity index (χ0v) is 10.0. The lowest BCUT2D eigenvalue weighted by Crippen LogP contribution is -2.29. The van der Waals surface area contributed by atoms with Gasteiger partial charge in [0.05, 0.1) is 5.56 Å². The molecule has 94 valence electrons. The van der Waals surface area contributed by atoms with Gasteiger partial charge in [-0.1, -0.05) is 0 Å². The van der Waals surface area contributed by atoms with Crippen LogP contribution in [0.3, 0.4) is 0 Å². The molecule has 0 atom stereocenters. The standard InChI is InChI=1S/C12H17FN2O2/c1-14-6-3-7-15(2)12(17)10-5-4-9(13)8-11(10)16/h4-5,8,14,16H,3,6-7H2,1-2H3. The minimum atomic E-state index is -0.558. The Bertz CT molecular complexity index is 396. The van der Waals surface area contributed by atoms with Gasteiger partial charge >= 0.3 is 0 Å². The zero-order chi connectivity index (χ0) is 12.8. The first-order valence-electron chi connectivity index (χ1n) is 5.45. The number of phenolic OH excluding ortho intramolecular Hbond substituents is 1. The SMILES string of the molecule is CNCCCN(C)C(=O)c1ccc(F)cc1O. The van der Waals surface area contributed by atoms with Crippen LogP contribution in [0.2, 0.25) is 0 Å². The van der Waals surface area contributed by atoms with Crippen LogP contribution in [0, 0.1) is 5.82 Å². The van der Waals surface area contributed by atoms with Gasteiger partial charge in [-0.3, -0.25) is 4.79 Å². The first kappa shape index (κ1) is 13.4. The third-order valence-corrected chi connectivity index (χ3v) is 2.46. The van der Waals surface area contributed by atoms with E-state index in [4.69, 9.17) is 0 Å². The summed E-state index contributed by atoms with van der Waals surface area (Å²) < 4.78 is 12.8. The summed E-state index contributed by atoms with van der Waals surface area (Å²) in [5, 5.41) is 12.5. The highest BCUT2D eigenvalue weighted by Gasteiger charge is 2.15.